The lowest BCUT2D eigenvalue weighted by Crippen LogP contribution is -2.51. The molecule has 29 heavy (non-hydrogen) atoms. The van der Waals surface area contributed by atoms with Crippen molar-refractivity contribution in [2.45, 2.75) is 45.4 Å². The van der Waals surface area contributed by atoms with Crippen LogP contribution in [-0.4, -0.2) is 72.3 Å². The van der Waals surface area contributed by atoms with Crippen molar-refractivity contribution in [3.05, 3.63) is 41.5 Å². The average molecular weight is 398 g/mol. The third-order valence-corrected chi connectivity index (χ3v) is 5.95. The Kier molecular flexibility index (Phi) is 7.12. The van der Waals surface area contributed by atoms with Crippen LogP contribution in [-0.2, 0) is 15.0 Å². The molecule has 0 saturated carbocycles. The quantitative estimate of drug-likeness (QED) is 0.733. The highest BCUT2D eigenvalue weighted by Crippen LogP contribution is 2.22. The van der Waals surface area contributed by atoms with Crippen LogP contribution in [0.1, 0.15) is 51.2 Å². The van der Waals surface area contributed by atoms with E-state index in [2.05, 4.69) is 49.9 Å². The molecule has 2 saturated heterocycles. The lowest BCUT2D eigenvalue weighted by Gasteiger charge is -2.35. The Balaban J connectivity index is 1.44. The topological polar surface area (TPSA) is 43.9 Å². The van der Waals surface area contributed by atoms with E-state index < -0.39 is 0 Å². The van der Waals surface area contributed by atoms with Crippen LogP contribution in [0.3, 0.4) is 0 Å². The molecule has 0 bridgehead atoms. The summed E-state index contributed by atoms with van der Waals surface area (Å²) >= 11 is 0. The molecule has 0 aromatic heterocycles. The molecule has 5 nitrogen and oxygen atoms in total. The van der Waals surface area contributed by atoms with Gasteiger partial charge in [-0.05, 0) is 41.9 Å². The number of hydrogen-bond acceptors (Lipinski definition) is 3. The predicted octanol–water partition coefficient (Wildman–Crippen LogP) is 3.15. The fourth-order valence-electron chi connectivity index (χ4n) is 3.93. The molecule has 0 radical (unpaired) electrons. The third-order valence-electron chi connectivity index (χ3n) is 5.95. The number of nitrogens with zero attached hydrogens (tertiary/aromatic N) is 3. The number of amides is 2. The van der Waals surface area contributed by atoms with Crippen LogP contribution >= 0.6 is 0 Å². The third kappa shape index (κ3) is 6.17. The van der Waals surface area contributed by atoms with Crippen LogP contribution in [0.15, 0.2) is 30.3 Å². The second-order valence-electron chi connectivity index (χ2n) is 9.25. The van der Waals surface area contributed by atoms with Gasteiger partial charge in [-0.25, -0.2) is 0 Å². The Morgan fingerprint density at radius 3 is 2.07 bits per heavy atom. The summed E-state index contributed by atoms with van der Waals surface area (Å²) in [5.41, 5.74) is 2.46. The van der Waals surface area contributed by atoms with Crippen LogP contribution in [0.2, 0.25) is 0 Å². The van der Waals surface area contributed by atoms with Gasteiger partial charge < -0.3 is 9.80 Å². The Hall–Kier alpha value is -2.14. The monoisotopic (exact) mass is 397 g/mol. The van der Waals surface area contributed by atoms with Crippen LogP contribution in [0.4, 0.5) is 0 Å². The van der Waals surface area contributed by atoms with E-state index in [9.17, 15) is 9.59 Å². The summed E-state index contributed by atoms with van der Waals surface area (Å²) in [6, 6.07) is 8.38. The number of benzene rings is 1. The number of piperazine rings is 1. The van der Waals surface area contributed by atoms with Crippen molar-refractivity contribution >= 4 is 17.9 Å². The molecule has 3 rings (SSSR count). The Morgan fingerprint density at radius 2 is 1.48 bits per heavy atom. The van der Waals surface area contributed by atoms with E-state index in [0.29, 0.717) is 19.6 Å². The van der Waals surface area contributed by atoms with Gasteiger partial charge in [0.15, 0.2) is 0 Å². The highest BCUT2D eigenvalue weighted by Gasteiger charge is 2.24. The molecule has 5 heteroatoms. The first-order valence-electron chi connectivity index (χ1n) is 10.9. The number of likely N-dealkylation sites (tertiary alicyclic amines) is 1. The summed E-state index contributed by atoms with van der Waals surface area (Å²) in [6.45, 7) is 11.8. The lowest BCUT2D eigenvalue weighted by atomic mass is 9.87. The van der Waals surface area contributed by atoms with E-state index in [1.165, 1.54) is 12.0 Å². The van der Waals surface area contributed by atoms with Crippen molar-refractivity contribution in [1.29, 1.82) is 0 Å². The first-order chi connectivity index (χ1) is 13.8. The Bertz CT molecular complexity index is 719. The van der Waals surface area contributed by atoms with Crippen LogP contribution in [0.25, 0.3) is 6.08 Å². The summed E-state index contributed by atoms with van der Waals surface area (Å²) in [6.07, 6.45) is 7.04. The molecular formula is C24H35N3O2. The zero-order chi connectivity index (χ0) is 20.9. The van der Waals surface area contributed by atoms with E-state index in [1.807, 2.05) is 15.9 Å². The van der Waals surface area contributed by atoms with E-state index in [0.717, 1.165) is 44.6 Å². The summed E-state index contributed by atoms with van der Waals surface area (Å²) < 4.78 is 0. The Labute approximate surface area is 175 Å². The Morgan fingerprint density at radius 1 is 0.862 bits per heavy atom. The number of rotatable bonds is 4. The number of hydrogen-bond donors (Lipinski definition) is 0. The molecule has 0 spiro atoms. The second kappa shape index (κ2) is 9.57. The maximum Gasteiger partial charge on any atom is 0.246 e. The molecule has 2 aliphatic rings. The van der Waals surface area contributed by atoms with Gasteiger partial charge >= 0.3 is 0 Å². The summed E-state index contributed by atoms with van der Waals surface area (Å²) in [5.74, 6) is 0.287. The summed E-state index contributed by atoms with van der Waals surface area (Å²) in [5, 5.41) is 0. The van der Waals surface area contributed by atoms with Gasteiger partial charge in [-0.1, -0.05) is 45.0 Å². The predicted molar refractivity (Wildman–Crippen MR) is 118 cm³/mol. The van der Waals surface area contributed by atoms with E-state index in [-0.39, 0.29) is 17.2 Å². The summed E-state index contributed by atoms with van der Waals surface area (Å²) in [4.78, 5) is 31.0. The van der Waals surface area contributed by atoms with Gasteiger partial charge in [0, 0.05) is 45.3 Å². The van der Waals surface area contributed by atoms with Crippen molar-refractivity contribution in [3.8, 4) is 0 Å². The van der Waals surface area contributed by atoms with Crippen molar-refractivity contribution < 1.29 is 9.59 Å². The number of carbonyl (C=O) groups excluding carboxylic acids is 2. The lowest BCUT2D eigenvalue weighted by molar-refractivity contribution is -0.134. The van der Waals surface area contributed by atoms with Crippen molar-refractivity contribution in [2.24, 2.45) is 0 Å². The van der Waals surface area contributed by atoms with Gasteiger partial charge in [0.05, 0.1) is 6.54 Å². The standard InChI is InChI=1S/C24H35N3O2/c1-24(2,3)21-10-7-20(8-11-21)9-12-22(28)27-17-15-25(16-18-27)19-23(29)26-13-5-4-6-14-26/h7-12H,4-6,13-19H2,1-3H3/b12-9+. The molecule has 0 unspecified atom stereocenters. The van der Waals surface area contributed by atoms with Crippen molar-refractivity contribution in [3.63, 3.8) is 0 Å². The average Bonchev–Trinajstić information content (AvgIpc) is 2.73. The molecule has 2 fully saturated rings. The largest absolute Gasteiger partial charge is 0.342 e. The van der Waals surface area contributed by atoms with E-state index in [4.69, 9.17) is 0 Å². The minimum atomic E-state index is 0.0481. The molecule has 0 atom stereocenters. The van der Waals surface area contributed by atoms with Gasteiger partial charge in [-0.15, -0.1) is 0 Å². The van der Waals surface area contributed by atoms with Crippen molar-refractivity contribution in [2.75, 3.05) is 45.8 Å². The first-order valence-corrected chi connectivity index (χ1v) is 10.9. The zero-order valence-corrected chi connectivity index (χ0v) is 18.2. The SMILES string of the molecule is CC(C)(C)c1ccc(/C=C/C(=O)N2CCN(CC(=O)N3CCCCC3)CC2)cc1. The highest BCUT2D eigenvalue weighted by atomic mass is 16.2. The van der Waals surface area contributed by atoms with Crippen LogP contribution in [0.5, 0.6) is 0 Å². The molecule has 0 N–H and O–H groups in total. The number of piperidine rings is 1. The molecule has 1 aromatic carbocycles. The van der Waals surface area contributed by atoms with Crippen LogP contribution < -0.4 is 0 Å². The first kappa shape index (κ1) is 21.6. The smallest absolute Gasteiger partial charge is 0.246 e. The second-order valence-corrected chi connectivity index (χ2v) is 9.25. The fraction of sp³-hybridized carbons (Fsp3) is 0.583. The minimum absolute atomic E-state index is 0.0481. The molecule has 1 aromatic rings. The number of carbonyl (C=O) groups is 2. The molecule has 2 heterocycles. The molecule has 158 valence electrons. The molecule has 0 aliphatic carbocycles. The molecular weight excluding hydrogens is 362 g/mol. The van der Waals surface area contributed by atoms with Crippen LogP contribution in [0, 0.1) is 0 Å². The normalized spacial score (nSPS) is 19.0. The maximum absolute atomic E-state index is 12.5. The minimum Gasteiger partial charge on any atom is -0.342 e. The molecule has 2 aliphatic heterocycles. The van der Waals surface area contributed by atoms with E-state index in [1.54, 1.807) is 6.08 Å². The van der Waals surface area contributed by atoms with Gasteiger partial charge in [0.1, 0.15) is 0 Å². The van der Waals surface area contributed by atoms with E-state index >= 15 is 0 Å². The van der Waals surface area contributed by atoms with Crippen molar-refractivity contribution in [1.82, 2.24) is 14.7 Å². The zero-order valence-electron chi connectivity index (χ0n) is 18.2. The summed E-state index contributed by atoms with van der Waals surface area (Å²) in [7, 11) is 0. The molecule has 2 amide bonds. The van der Waals surface area contributed by atoms with Gasteiger partial charge in [-0.3, -0.25) is 14.5 Å². The highest BCUT2D eigenvalue weighted by molar-refractivity contribution is 5.91. The maximum atomic E-state index is 12.5. The fourth-order valence-corrected chi connectivity index (χ4v) is 3.93. The van der Waals surface area contributed by atoms with Gasteiger partial charge in [0.25, 0.3) is 0 Å². The van der Waals surface area contributed by atoms with Gasteiger partial charge in [-0.2, -0.15) is 0 Å². The van der Waals surface area contributed by atoms with Gasteiger partial charge in [0.2, 0.25) is 11.8 Å².